The van der Waals surface area contributed by atoms with Gasteiger partial charge in [0.15, 0.2) is 0 Å². The smallest absolute Gasteiger partial charge is 0.239 e. The summed E-state index contributed by atoms with van der Waals surface area (Å²) in [7, 11) is 0. The maximum Gasteiger partial charge on any atom is 0.239 e. The Balaban J connectivity index is 1.53. The van der Waals surface area contributed by atoms with Gasteiger partial charge in [0.05, 0.1) is 6.04 Å². The molecule has 0 aliphatic carbocycles. The molecule has 0 radical (unpaired) electrons. The number of amides is 1. The Labute approximate surface area is 140 Å². The van der Waals surface area contributed by atoms with E-state index < -0.39 is 6.04 Å². The van der Waals surface area contributed by atoms with Crippen molar-refractivity contribution in [2.24, 2.45) is 5.73 Å². The molecule has 1 aromatic heterocycles. The van der Waals surface area contributed by atoms with Gasteiger partial charge in [-0.05, 0) is 18.9 Å². The Bertz CT molecular complexity index is 652. The van der Waals surface area contributed by atoms with Gasteiger partial charge < -0.3 is 15.5 Å². The molecule has 2 heterocycles. The van der Waals surface area contributed by atoms with Gasteiger partial charge in [-0.15, -0.1) is 0 Å². The van der Waals surface area contributed by atoms with Crippen molar-refractivity contribution in [3.8, 4) is 0 Å². The molecule has 1 aromatic carbocycles. The number of benzene rings is 1. The summed E-state index contributed by atoms with van der Waals surface area (Å²) in [6, 6.07) is 9.43. The van der Waals surface area contributed by atoms with E-state index in [-0.39, 0.29) is 5.91 Å². The molecule has 122 valence electrons. The molecule has 0 saturated carbocycles. The summed E-state index contributed by atoms with van der Waals surface area (Å²) in [5.74, 6) is 0.829. The molecule has 1 atom stereocenters. The van der Waals surface area contributed by atoms with Crippen LogP contribution in [0.4, 0.5) is 5.13 Å². The lowest BCUT2D eigenvalue weighted by Crippen LogP contribution is -2.53. The number of hydrogen-bond acceptors (Lipinski definition) is 6. The molecule has 0 bridgehead atoms. The van der Waals surface area contributed by atoms with Gasteiger partial charge in [-0.3, -0.25) is 4.79 Å². The zero-order chi connectivity index (χ0) is 16.2. The van der Waals surface area contributed by atoms with Crippen LogP contribution in [0.3, 0.4) is 0 Å². The third kappa shape index (κ3) is 3.86. The van der Waals surface area contributed by atoms with Crippen molar-refractivity contribution in [1.82, 2.24) is 14.3 Å². The number of anilines is 1. The van der Waals surface area contributed by atoms with Gasteiger partial charge in [0.2, 0.25) is 11.0 Å². The van der Waals surface area contributed by atoms with Gasteiger partial charge in [0, 0.05) is 37.7 Å². The summed E-state index contributed by atoms with van der Waals surface area (Å²) in [6.07, 6.45) is 0.579. The van der Waals surface area contributed by atoms with Crippen LogP contribution in [-0.4, -0.2) is 52.4 Å². The Kier molecular flexibility index (Phi) is 4.88. The van der Waals surface area contributed by atoms with Gasteiger partial charge >= 0.3 is 0 Å². The van der Waals surface area contributed by atoms with E-state index in [1.807, 2.05) is 42.2 Å². The summed E-state index contributed by atoms with van der Waals surface area (Å²) in [4.78, 5) is 20.9. The number of aromatic nitrogens is 2. The van der Waals surface area contributed by atoms with Crippen LogP contribution in [0.15, 0.2) is 30.3 Å². The van der Waals surface area contributed by atoms with E-state index in [9.17, 15) is 4.79 Å². The van der Waals surface area contributed by atoms with Crippen LogP contribution in [0.5, 0.6) is 0 Å². The Hall–Kier alpha value is -1.99. The number of nitrogens with two attached hydrogens (primary N) is 1. The molecule has 1 amide bonds. The molecule has 6 nitrogen and oxygen atoms in total. The predicted octanol–water partition coefficient (Wildman–Crippen LogP) is 1.07. The molecular formula is C16H21N5OS. The molecule has 2 aromatic rings. The topological polar surface area (TPSA) is 75.4 Å². The van der Waals surface area contributed by atoms with Crippen molar-refractivity contribution >= 4 is 22.6 Å². The fraction of sp³-hybridized carbons (Fsp3) is 0.438. The molecule has 1 saturated heterocycles. The van der Waals surface area contributed by atoms with Crippen molar-refractivity contribution < 1.29 is 4.79 Å². The second-order valence-corrected chi connectivity index (χ2v) is 6.46. The van der Waals surface area contributed by atoms with Gasteiger partial charge in [-0.1, -0.05) is 30.3 Å². The van der Waals surface area contributed by atoms with Gasteiger partial charge in [0.25, 0.3) is 0 Å². The molecule has 1 unspecified atom stereocenters. The van der Waals surface area contributed by atoms with E-state index in [2.05, 4.69) is 14.3 Å². The average Bonchev–Trinajstić information content (AvgIpc) is 3.02. The van der Waals surface area contributed by atoms with Gasteiger partial charge in [-0.2, -0.15) is 4.37 Å². The lowest BCUT2D eigenvalue weighted by molar-refractivity contribution is -0.132. The van der Waals surface area contributed by atoms with Crippen LogP contribution in [0.25, 0.3) is 0 Å². The van der Waals surface area contributed by atoms with Crippen molar-refractivity contribution in [3.63, 3.8) is 0 Å². The number of rotatable bonds is 4. The molecule has 3 rings (SSSR count). The largest absolute Gasteiger partial charge is 0.343 e. The second-order valence-electron chi connectivity index (χ2n) is 5.73. The highest BCUT2D eigenvalue weighted by Gasteiger charge is 2.26. The fourth-order valence-corrected chi connectivity index (χ4v) is 3.45. The van der Waals surface area contributed by atoms with Crippen molar-refractivity contribution in [1.29, 1.82) is 0 Å². The Morgan fingerprint density at radius 1 is 1.26 bits per heavy atom. The standard InChI is InChI=1S/C16H21N5OS/c1-12-18-16(23-19-12)21-9-7-20(8-10-21)15(22)14(17)11-13-5-3-2-4-6-13/h2-6,14H,7-11,17H2,1H3. The number of carbonyl (C=O) groups excluding carboxylic acids is 1. The maximum atomic E-state index is 12.5. The molecule has 0 spiro atoms. The third-order valence-corrected chi connectivity index (χ3v) is 4.86. The van der Waals surface area contributed by atoms with Crippen LogP contribution in [0.1, 0.15) is 11.4 Å². The first kappa shape index (κ1) is 15.9. The maximum absolute atomic E-state index is 12.5. The van der Waals surface area contributed by atoms with E-state index >= 15 is 0 Å². The van der Waals surface area contributed by atoms with Crippen molar-refractivity contribution in [3.05, 3.63) is 41.7 Å². The number of aryl methyl sites for hydroxylation is 1. The number of piperazine rings is 1. The summed E-state index contributed by atoms with van der Waals surface area (Å²) in [5, 5.41) is 0.934. The van der Waals surface area contributed by atoms with Crippen LogP contribution >= 0.6 is 11.5 Å². The van der Waals surface area contributed by atoms with Crippen LogP contribution < -0.4 is 10.6 Å². The van der Waals surface area contributed by atoms with Crippen molar-refractivity contribution in [2.75, 3.05) is 31.1 Å². The lowest BCUT2D eigenvalue weighted by atomic mass is 10.1. The number of carbonyl (C=O) groups is 1. The molecule has 1 aliphatic heterocycles. The third-order valence-electron chi connectivity index (χ3n) is 3.99. The summed E-state index contributed by atoms with van der Waals surface area (Å²) in [5.41, 5.74) is 7.20. The van der Waals surface area contributed by atoms with E-state index in [4.69, 9.17) is 5.73 Å². The molecule has 7 heteroatoms. The Morgan fingerprint density at radius 2 is 1.96 bits per heavy atom. The molecule has 1 fully saturated rings. The predicted molar refractivity (Wildman–Crippen MR) is 91.6 cm³/mol. The summed E-state index contributed by atoms with van der Waals surface area (Å²) in [6.45, 7) is 4.80. The SMILES string of the molecule is Cc1nsc(N2CCN(C(=O)C(N)Cc3ccccc3)CC2)n1. The van der Waals surface area contributed by atoms with Crippen LogP contribution in [-0.2, 0) is 11.2 Å². The minimum Gasteiger partial charge on any atom is -0.343 e. The zero-order valence-corrected chi connectivity index (χ0v) is 14.0. The highest BCUT2D eigenvalue weighted by Crippen LogP contribution is 2.19. The molecule has 2 N–H and O–H groups in total. The minimum absolute atomic E-state index is 0.0296. The average molecular weight is 331 g/mol. The van der Waals surface area contributed by atoms with Gasteiger partial charge in [0.1, 0.15) is 5.82 Å². The van der Waals surface area contributed by atoms with E-state index in [0.717, 1.165) is 29.6 Å². The highest BCUT2D eigenvalue weighted by atomic mass is 32.1. The minimum atomic E-state index is -0.479. The first-order valence-electron chi connectivity index (χ1n) is 7.77. The highest BCUT2D eigenvalue weighted by molar-refractivity contribution is 7.09. The molecule has 23 heavy (non-hydrogen) atoms. The normalized spacial score (nSPS) is 16.4. The van der Waals surface area contributed by atoms with E-state index in [1.165, 1.54) is 11.5 Å². The lowest BCUT2D eigenvalue weighted by Gasteiger charge is -2.35. The zero-order valence-electron chi connectivity index (χ0n) is 13.2. The monoisotopic (exact) mass is 331 g/mol. The van der Waals surface area contributed by atoms with Gasteiger partial charge in [-0.25, -0.2) is 4.98 Å². The van der Waals surface area contributed by atoms with E-state index in [1.54, 1.807) is 0 Å². The number of nitrogens with zero attached hydrogens (tertiary/aromatic N) is 4. The second kappa shape index (κ2) is 7.06. The van der Waals surface area contributed by atoms with Crippen LogP contribution in [0, 0.1) is 6.92 Å². The fourth-order valence-electron chi connectivity index (χ4n) is 2.72. The first-order valence-corrected chi connectivity index (χ1v) is 8.54. The number of hydrogen-bond donors (Lipinski definition) is 1. The summed E-state index contributed by atoms with van der Waals surface area (Å²) < 4.78 is 4.21. The Morgan fingerprint density at radius 3 is 2.57 bits per heavy atom. The van der Waals surface area contributed by atoms with E-state index in [0.29, 0.717) is 19.5 Å². The quantitative estimate of drug-likeness (QED) is 0.907. The molecule has 1 aliphatic rings. The van der Waals surface area contributed by atoms with Crippen molar-refractivity contribution in [2.45, 2.75) is 19.4 Å². The molecular weight excluding hydrogens is 310 g/mol. The summed E-state index contributed by atoms with van der Waals surface area (Å²) >= 11 is 1.41. The van der Waals surface area contributed by atoms with Crippen LogP contribution in [0.2, 0.25) is 0 Å². The first-order chi connectivity index (χ1) is 11.1.